The fraction of sp³-hybridized carbons (Fsp3) is 0.368. The Morgan fingerprint density at radius 3 is 2.68 bits per heavy atom. The number of nitriles is 1. The van der Waals surface area contributed by atoms with E-state index in [2.05, 4.69) is 16.5 Å². The summed E-state index contributed by atoms with van der Waals surface area (Å²) in [6, 6.07) is 8.93. The van der Waals surface area contributed by atoms with E-state index in [0.29, 0.717) is 35.8 Å². The van der Waals surface area contributed by atoms with E-state index >= 15 is 0 Å². The first-order chi connectivity index (χ1) is 13.4. The van der Waals surface area contributed by atoms with Gasteiger partial charge in [0.1, 0.15) is 5.56 Å². The molecule has 1 amide bonds. The summed E-state index contributed by atoms with van der Waals surface area (Å²) in [6.45, 7) is 0. The van der Waals surface area contributed by atoms with Crippen LogP contribution in [-0.4, -0.2) is 28.8 Å². The third-order valence-corrected chi connectivity index (χ3v) is 5.21. The average Bonchev–Trinajstić information content (AvgIpc) is 3.12. The Balaban J connectivity index is 1.86. The number of primary amides is 1. The molecule has 1 aromatic heterocycles. The van der Waals surface area contributed by atoms with Gasteiger partial charge in [0.25, 0.3) is 5.91 Å². The quantitative estimate of drug-likeness (QED) is 0.742. The number of hydrogen-bond donors (Lipinski definition) is 2. The van der Waals surface area contributed by atoms with Gasteiger partial charge in [0.15, 0.2) is 5.82 Å². The highest BCUT2D eigenvalue weighted by Crippen LogP contribution is 2.38. The highest BCUT2D eigenvalue weighted by Gasteiger charge is 2.36. The summed E-state index contributed by atoms with van der Waals surface area (Å²) in [7, 11) is 1.34. The molecule has 0 radical (unpaired) electrons. The molecule has 146 valence electrons. The minimum absolute atomic E-state index is 0.224. The van der Waals surface area contributed by atoms with Crippen molar-refractivity contribution in [3.63, 3.8) is 0 Å². The molecule has 8 nitrogen and oxygen atoms in total. The number of carbonyl (C=O) groups is 2. The van der Waals surface area contributed by atoms with Gasteiger partial charge in [0.05, 0.1) is 31.1 Å². The van der Waals surface area contributed by atoms with Crippen molar-refractivity contribution in [2.24, 2.45) is 17.6 Å². The highest BCUT2D eigenvalue weighted by molar-refractivity contribution is 6.30. The van der Waals surface area contributed by atoms with E-state index in [0.717, 1.165) is 0 Å². The third kappa shape index (κ3) is 4.10. The number of hydrogen-bond acceptors (Lipinski definition) is 6. The Morgan fingerprint density at radius 2 is 2.07 bits per heavy atom. The second-order valence-electron chi connectivity index (χ2n) is 6.70. The number of carbonyl (C=O) groups excluding carboxylic acids is 2. The lowest BCUT2D eigenvalue weighted by Gasteiger charge is -2.31. The number of nitrogens with zero attached hydrogens (tertiary/aromatic N) is 3. The van der Waals surface area contributed by atoms with Gasteiger partial charge >= 0.3 is 5.97 Å². The van der Waals surface area contributed by atoms with Crippen LogP contribution in [0, 0.1) is 23.2 Å². The van der Waals surface area contributed by atoms with Crippen LogP contribution in [-0.2, 0) is 9.53 Å². The lowest BCUT2D eigenvalue weighted by molar-refractivity contribution is -0.147. The molecule has 3 rings (SSSR count). The molecular formula is C19H20ClN5O3. The Hall–Kier alpha value is -3.05. The molecule has 1 saturated carbocycles. The number of aromatic nitrogens is 2. The molecule has 3 atom stereocenters. The Kier molecular flexibility index (Phi) is 5.85. The summed E-state index contributed by atoms with van der Waals surface area (Å²) in [6.07, 6.45) is 3.09. The normalized spacial score (nSPS) is 21.5. The highest BCUT2D eigenvalue weighted by atomic mass is 35.5. The molecule has 9 heteroatoms. The number of esters is 1. The van der Waals surface area contributed by atoms with Crippen LogP contribution in [0.25, 0.3) is 0 Å². The van der Waals surface area contributed by atoms with Crippen molar-refractivity contribution >= 4 is 35.0 Å². The van der Waals surface area contributed by atoms with Crippen molar-refractivity contribution in [1.82, 2.24) is 9.78 Å². The Morgan fingerprint density at radius 1 is 1.36 bits per heavy atom. The summed E-state index contributed by atoms with van der Waals surface area (Å²) in [5.41, 5.74) is 6.42. The molecule has 1 aliphatic carbocycles. The van der Waals surface area contributed by atoms with E-state index in [1.165, 1.54) is 7.11 Å². The molecule has 0 saturated heterocycles. The van der Waals surface area contributed by atoms with Crippen LogP contribution >= 0.6 is 11.6 Å². The summed E-state index contributed by atoms with van der Waals surface area (Å²) in [4.78, 5) is 23.7. The maximum atomic E-state index is 11.9. The number of ether oxygens (including phenoxy) is 1. The number of amides is 1. The molecule has 1 aliphatic rings. The summed E-state index contributed by atoms with van der Waals surface area (Å²) < 4.78 is 6.40. The van der Waals surface area contributed by atoms with Crippen molar-refractivity contribution < 1.29 is 14.3 Å². The van der Waals surface area contributed by atoms with E-state index < -0.39 is 11.8 Å². The lowest BCUT2D eigenvalue weighted by Crippen LogP contribution is -2.31. The van der Waals surface area contributed by atoms with Gasteiger partial charge in [-0.15, -0.1) is 0 Å². The lowest BCUT2D eigenvalue weighted by atomic mass is 9.78. The van der Waals surface area contributed by atoms with Crippen molar-refractivity contribution in [2.75, 3.05) is 12.4 Å². The first-order valence-electron chi connectivity index (χ1n) is 8.82. The largest absolute Gasteiger partial charge is 0.469 e. The van der Waals surface area contributed by atoms with Crippen LogP contribution in [0.3, 0.4) is 0 Å². The molecule has 0 spiro atoms. The zero-order chi connectivity index (χ0) is 20.3. The monoisotopic (exact) mass is 401 g/mol. The summed E-state index contributed by atoms with van der Waals surface area (Å²) in [5.74, 6) is -1.35. The fourth-order valence-electron chi connectivity index (χ4n) is 3.49. The number of benzene rings is 1. The molecule has 3 N–H and O–H groups in total. The molecular weight excluding hydrogens is 382 g/mol. The van der Waals surface area contributed by atoms with Gasteiger partial charge in [-0.3, -0.25) is 14.3 Å². The van der Waals surface area contributed by atoms with Crippen LogP contribution in [0.5, 0.6) is 0 Å². The van der Waals surface area contributed by atoms with Crippen LogP contribution in [0.2, 0.25) is 5.02 Å². The Labute approximate surface area is 167 Å². The minimum atomic E-state index is -0.625. The molecule has 28 heavy (non-hydrogen) atoms. The third-order valence-electron chi connectivity index (χ3n) is 4.96. The maximum Gasteiger partial charge on any atom is 0.308 e. The van der Waals surface area contributed by atoms with E-state index in [9.17, 15) is 14.9 Å². The van der Waals surface area contributed by atoms with Gasteiger partial charge in [-0.2, -0.15) is 10.4 Å². The topological polar surface area (TPSA) is 123 Å². The molecule has 2 aromatic rings. The van der Waals surface area contributed by atoms with Gasteiger partial charge in [0.2, 0.25) is 0 Å². The van der Waals surface area contributed by atoms with Gasteiger partial charge in [-0.1, -0.05) is 11.6 Å². The zero-order valence-corrected chi connectivity index (χ0v) is 16.0. The molecule has 0 bridgehead atoms. The average molecular weight is 402 g/mol. The van der Waals surface area contributed by atoms with Gasteiger partial charge in [-0.25, -0.2) is 0 Å². The first kappa shape index (κ1) is 19.7. The van der Waals surface area contributed by atoms with Crippen LogP contribution in [0.15, 0.2) is 30.5 Å². The van der Waals surface area contributed by atoms with Crippen LogP contribution < -0.4 is 11.1 Å². The zero-order valence-electron chi connectivity index (χ0n) is 15.3. The molecule has 0 aliphatic heterocycles. The molecule has 1 aromatic carbocycles. The van der Waals surface area contributed by atoms with E-state index in [1.54, 1.807) is 35.1 Å². The molecule has 3 unspecified atom stereocenters. The standard InChI is InChI=1S/C19H20ClN5O3/c1-28-19(27)11-2-7-16(12(8-11)9-21)25-10-15(17(22)26)18(24-25)23-14-5-3-13(20)4-6-14/h3-6,10-12,16H,2,7-8H2,1H3,(H2,22,26)(H,23,24). The SMILES string of the molecule is COC(=O)C1CCC(n2cc(C(N)=O)c(Nc3ccc(Cl)cc3)n2)C(C#N)C1. The number of methoxy groups -OCH3 is 1. The summed E-state index contributed by atoms with van der Waals surface area (Å²) >= 11 is 5.89. The van der Waals surface area contributed by atoms with E-state index in [1.807, 2.05) is 0 Å². The Bertz CT molecular complexity index is 919. The number of rotatable bonds is 5. The number of halogens is 1. The first-order valence-corrected chi connectivity index (χ1v) is 9.19. The predicted molar refractivity (Wildman–Crippen MR) is 103 cm³/mol. The van der Waals surface area contributed by atoms with Crippen molar-refractivity contribution in [1.29, 1.82) is 5.26 Å². The minimum Gasteiger partial charge on any atom is -0.469 e. The fourth-order valence-corrected chi connectivity index (χ4v) is 3.62. The van der Waals surface area contributed by atoms with Crippen LogP contribution in [0.4, 0.5) is 11.5 Å². The smallest absolute Gasteiger partial charge is 0.308 e. The number of nitrogens with two attached hydrogens (primary N) is 1. The van der Waals surface area contributed by atoms with Gasteiger partial charge in [0, 0.05) is 16.9 Å². The van der Waals surface area contributed by atoms with Crippen molar-refractivity contribution in [3.05, 3.63) is 41.0 Å². The molecule has 1 heterocycles. The maximum absolute atomic E-state index is 11.9. The second-order valence-corrected chi connectivity index (χ2v) is 7.14. The van der Waals surface area contributed by atoms with E-state index in [-0.39, 0.29) is 23.5 Å². The van der Waals surface area contributed by atoms with Gasteiger partial charge < -0.3 is 15.8 Å². The van der Waals surface area contributed by atoms with Crippen LogP contribution in [0.1, 0.15) is 35.7 Å². The number of anilines is 2. The number of nitrogens with one attached hydrogen (secondary N) is 1. The van der Waals surface area contributed by atoms with Gasteiger partial charge in [-0.05, 0) is 43.5 Å². The van der Waals surface area contributed by atoms with E-state index in [4.69, 9.17) is 22.1 Å². The van der Waals surface area contributed by atoms with Crippen molar-refractivity contribution in [2.45, 2.75) is 25.3 Å². The summed E-state index contributed by atoms with van der Waals surface area (Å²) in [5, 5.41) is 17.7. The second kappa shape index (κ2) is 8.31. The molecule has 1 fully saturated rings. The predicted octanol–water partition coefficient (Wildman–Crippen LogP) is 3.03. The van der Waals surface area contributed by atoms with Crippen molar-refractivity contribution in [3.8, 4) is 6.07 Å².